The van der Waals surface area contributed by atoms with Crippen LogP contribution < -0.4 is 5.32 Å². The monoisotopic (exact) mass is 269 g/mol. The summed E-state index contributed by atoms with van der Waals surface area (Å²) < 4.78 is 0. The molecule has 1 atom stereocenters. The molecule has 0 radical (unpaired) electrons. The molecule has 1 aromatic heterocycles. The van der Waals surface area contributed by atoms with Gasteiger partial charge in [-0.25, -0.2) is 0 Å². The summed E-state index contributed by atoms with van der Waals surface area (Å²) in [6.07, 6.45) is 3.91. The number of carbonyl (C=O) groups excluding carboxylic acids is 1. The van der Waals surface area contributed by atoms with Crippen LogP contribution in [0.25, 0.3) is 10.9 Å². The second-order valence-electron chi connectivity index (χ2n) is 5.97. The molecule has 3 aliphatic rings. The average Bonchev–Trinajstić information content (AvgIpc) is 2.92. The molecule has 2 N–H and O–H groups in total. The first-order chi connectivity index (χ1) is 9.79. The number of nitrogens with zero attached hydrogens (tertiary/aromatic N) is 1. The molecule has 2 bridgehead atoms. The Kier molecular flexibility index (Phi) is 2.77. The highest BCUT2D eigenvalue weighted by atomic mass is 16.2. The van der Waals surface area contributed by atoms with Crippen LogP contribution in [0.15, 0.2) is 30.3 Å². The summed E-state index contributed by atoms with van der Waals surface area (Å²) in [6, 6.07) is 9.92. The maximum atomic E-state index is 12.4. The molecule has 3 aliphatic heterocycles. The second-order valence-corrected chi connectivity index (χ2v) is 5.97. The number of carbonyl (C=O) groups is 1. The van der Waals surface area contributed by atoms with Gasteiger partial charge in [-0.05, 0) is 37.3 Å². The van der Waals surface area contributed by atoms with Crippen molar-refractivity contribution in [3.05, 3.63) is 36.0 Å². The van der Waals surface area contributed by atoms with Crippen LogP contribution in [0, 0.1) is 5.92 Å². The van der Waals surface area contributed by atoms with Crippen LogP contribution in [-0.2, 0) is 0 Å². The SMILES string of the molecule is O=C(NC1CC2CCN1CC2)c1cc2ccccc2[nH]1. The number of H-pyrrole nitrogens is 1. The summed E-state index contributed by atoms with van der Waals surface area (Å²) in [4.78, 5) is 18.0. The molecule has 0 saturated carbocycles. The van der Waals surface area contributed by atoms with Gasteiger partial charge >= 0.3 is 0 Å². The fourth-order valence-corrected chi connectivity index (χ4v) is 3.54. The van der Waals surface area contributed by atoms with Gasteiger partial charge in [-0.15, -0.1) is 0 Å². The highest BCUT2D eigenvalue weighted by Gasteiger charge is 2.34. The lowest BCUT2D eigenvalue weighted by Gasteiger charge is -2.45. The molecule has 4 heteroatoms. The largest absolute Gasteiger partial charge is 0.351 e. The van der Waals surface area contributed by atoms with Gasteiger partial charge in [0.1, 0.15) is 5.69 Å². The highest BCUT2D eigenvalue weighted by molar-refractivity contribution is 5.98. The number of aromatic nitrogens is 1. The molecule has 3 saturated heterocycles. The van der Waals surface area contributed by atoms with E-state index in [1.165, 1.54) is 12.8 Å². The van der Waals surface area contributed by atoms with E-state index in [2.05, 4.69) is 15.2 Å². The minimum Gasteiger partial charge on any atom is -0.351 e. The zero-order valence-corrected chi connectivity index (χ0v) is 11.4. The van der Waals surface area contributed by atoms with Gasteiger partial charge in [0.2, 0.25) is 0 Å². The number of benzene rings is 1. The van der Waals surface area contributed by atoms with Crippen LogP contribution in [0.5, 0.6) is 0 Å². The van der Waals surface area contributed by atoms with Crippen molar-refractivity contribution in [3.8, 4) is 0 Å². The normalized spacial score (nSPS) is 28.7. The van der Waals surface area contributed by atoms with Gasteiger partial charge in [-0.1, -0.05) is 18.2 Å². The number of amides is 1. The summed E-state index contributed by atoms with van der Waals surface area (Å²) in [5, 5.41) is 4.27. The van der Waals surface area contributed by atoms with E-state index in [-0.39, 0.29) is 12.1 Å². The molecule has 5 rings (SSSR count). The molecular formula is C16H19N3O. The molecule has 4 nitrogen and oxygen atoms in total. The van der Waals surface area contributed by atoms with Crippen molar-refractivity contribution in [1.82, 2.24) is 15.2 Å². The summed E-state index contributed by atoms with van der Waals surface area (Å²) in [5.41, 5.74) is 1.68. The average molecular weight is 269 g/mol. The molecule has 20 heavy (non-hydrogen) atoms. The Hall–Kier alpha value is -1.81. The van der Waals surface area contributed by atoms with Crippen LogP contribution in [0.4, 0.5) is 0 Å². The predicted octanol–water partition coefficient (Wildman–Crippen LogP) is 2.34. The molecule has 1 aromatic carbocycles. The van der Waals surface area contributed by atoms with E-state index in [1.807, 2.05) is 30.3 Å². The van der Waals surface area contributed by atoms with E-state index in [1.54, 1.807) is 0 Å². The minimum absolute atomic E-state index is 0.0127. The maximum absolute atomic E-state index is 12.4. The Morgan fingerprint density at radius 1 is 1.25 bits per heavy atom. The van der Waals surface area contributed by atoms with Crippen molar-refractivity contribution in [3.63, 3.8) is 0 Å². The molecule has 0 aliphatic carbocycles. The van der Waals surface area contributed by atoms with Crippen molar-refractivity contribution in [2.24, 2.45) is 5.92 Å². The molecule has 104 valence electrons. The van der Waals surface area contributed by atoms with E-state index in [4.69, 9.17) is 0 Å². The predicted molar refractivity (Wildman–Crippen MR) is 78.5 cm³/mol. The van der Waals surface area contributed by atoms with Gasteiger partial charge < -0.3 is 10.3 Å². The Morgan fingerprint density at radius 3 is 2.75 bits per heavy atom. The number of para-hydroxylation sites is 1. The number of nitrogens with one attached hydrogen (secondary N) is 2. The molecule has 0 spiro atoms. The van der Waals surface area contributed by atoms with Gasteiger partial charge in [-0.2, -0.15) is 0 Å². The fourth-order valence-electron chi connectivity index (χ4n) is 3.54. The Balaban J connectivity index is 1.52. The number of hydrogen-bond donors (Lipinski definition) is 2. The molecule has 4 heterocycles. The number of aromatic amines is 1. The summed E-state index contributed by atoms with van der Waals surface area (Å²) in [7, 11) is 0. The molecule has 2 aromatic rings. The first kappa shape index (κ1) is 12.0. The number of fused-ring (bicyclic) bond motifs is 4. The zero-order chi connectivity index (χ0) is 13.5. The lowest BCUT2D eigenvalue weighted by molar-refractivity contribution is 0.0293. The molecule has 1 unspecified atom stereocenters. The van der Waals surface area contributed by atoms with E-state index in [0.717, 1.165) is 36.3 Å². The standard InChI is InChI=1S/C16H19N3O/c20-16(14-10-12-3-1-2-4-13(12)17-14)18-15-9-11-5-7-19(15)8-6-11/h1-4,10-11,15,17H,5-9H2,(H,18,20). The van der Waals surface area contributed by atoms with Crippen molar-refractivity contribution < 1.29 is 4.79 Å². The highest BCUT2D eigenvalue weighted by Crippen LogP contribution is 2.30. The van der Waals surface area contributed by atoms with Gasteiger partial charge in [0.15, 0.2) is 0 Å². The summed E-state index contributed by atoms with van der Waals surface area (Å²) in [6.45, 7) is 2.25. The van der Waals surface area contributed by atoms with Crippen LogP contribution in [0.1, 0.15) is 29.8 Å². The van der Waals surface area contributed by atoms with Crippen LogP contribution in [0.2, 0.25) is 0 Å². The van der Waals surface area contributed by atoms with Gasteiger partial charge in [-0.3, -0.25) is 9.69 Å². The van der Waals surface area contributed by atoms with E-state index in [9.17, 15) is 4.79 Å². The quantitative estimate of drug-likeness (QED) is 0.879. The Labute approximate surface area is 118 Å². The maximum Gasteiger partial charge on any atom is 0.268 e. The number of hydrogen-bond acceptors (Lipinski definition) is 2. The fraction of sp³-hybridized carbons (Fsp3) is 0.438. The van der Waals surface area contributed by atoms with Gasteiger partial charge in [0.25, 0.3) is 5.91 Å². The topological polar surface area (TPSA) is 48.1 Å². The van der Waals surface area contributed by atoms with E-state index < -0.39 is 0 Å². The molecule has 3 fully saturated rings. The number of rotatable bonds is 2. The van der Waals surface area contributed by atoms with E-state index in [0.29, 0.717) is 5.69 Å². The van der Waals surface area contributed by atoms with Crippen LogP contribution in [-0.4, -0.2) is 35.0 Å². The smallest absolute Gasteiger partial charge is 0.268 e. The first-order valence-electron chi connectivity index (χ1n) is 7.42. The van der Waals surface area contributed by atoms with Gasteiger partial charge in [0, 0.05) is 24.0 Å². The first-order valence-corrected chi connectivity index (χ1v) is 7.42. The third-order valence-electron chi connectivity index (χ3n) is 4.72. The van der Waals surface area contributed by atoms with Crippen molar-refractivity contribution in [1.29, 1.82) is 0 Å². The Bertz CT molecular complexity index is 607. The van der Waals surface area contributed by atoms with Crippen molar-refractivity contribution in [2.45, 2.75) is 25.4 Å². The molecular weight excluding hydrogens is 250 g/mol. The zero-order valence-electron chi connectivity index (χ0n) is 11.4. The third-order valence-corrected chi connectivity index (χ3v) is 4.72. The van der Waals surface area contributed by atoms with Crippen molar-refractivity contribution in [2.75, 3.05) is 13.1 Å². The van der Waals surface area contributed by atoms with Crippen molar-refractivity contribution >= 4 is 16.8 Å². The minimum atomic E-state index is 0.0127. The second kappa shape index (κ2) is 4.63. The lowest BCUT2D eigenvalue weighted by atomic mass is 9.86. The van der Waals surface area contributed by atoms with Crippen LogP contribution >= 0.6 is 0 Å². The lowest BCUT2D eigenvalue weighted by Crippen LogP contribution is -2.56. The number of piperidine rings is 3. The van der Waals surface area contributed by atoms with Gasteiger partial charge in [0.05, 0.1) is 6.17 Å². The van der Waals surface area contributed by atoms with Crippen LogP contribution in [0.3, 0.4) is 0 Å². The molecule has 1 amide bonds. The summed E-state index contributed by atoms with van der Waals surface area (Å²) >= 11 is 0. The van der Waals surface area contributed by atoms with E-state index >= 15 is 0 Å². The summed E-state index contributed by atoms with van der Waals surface area (Å²) in [5.74, 6) is 0.812. The third kappa shape index (κ3) is 2.00. The Morgan fingerprint density at radius 2 is 2.05 bits per heavy atom.